The molecular weight excluding hydrogens is 418 g/mol. The molecule has 9 heteroatoms. The number of hydrogen-bond acceptors (Lipinski definition) is 6. The van der Waals surface area contributed by atoms with Crippen LogP contribution in [-0.4, -0.2) is 50.3 Å². The van der Waals surface area contributed by atoms with Crippen LogP contribution in [0.25, 0.3) is 17.2 Å². The van der Waals surface area contributed by atoms with E-state index in [2.05, 4.69) is 15.4 Å². The van der Waals surface area contributed by atoms with Crippen molar-refractivity contribution in [1.29, 1.82) is 0 Å². The number of benzene rings is 1. The Labute approximate surface area is 186 Å². The van der Waals surface area contributed by atoms with Crippen LogP contribution in [0.1, 0.15) is 45.1 Å². The van der Waals surface area contributed by atoms with E-state index < -0.39 is 5.60 Å². The van der Waals surface area contributed by atoms with Gasteiger partial charge >= 0.3 is 11.9 Å². The summed E-state index contributed by atoms with van der Waals surface area (Å²) in [5, 5.41) is 8.79. The number of aryl methyl sites for hydroxylation is 1. The number of fused-ring (bicyclic) bond motifs is 1. The maximum Gasteiger partial charge on any atom is 0.410 e. The highest BCUT2D eigenvalue weighted by atomic mass is 35.5. The molecule has 0 aliphatic carbocycles. The van der Waals surface area contributed by atoms with E-state index in [1.807, 2.05) is 52.0 Å². The lowest BCUT2D eigenvalue weighted by Crippen LogP contribution is -2.46. The lowest BCUT2D eigenvalue weighted by molar-refractivity contribution is 0.0198. The number of amides is 1. The molecule has 0 bridgehead atoms. The Kier molecular flexibility index (Phi) is 5.94. The smallest absolute Gasteiger partial charge is 0.410 e. The van der Waals surface area contributed by atoms with Crippen LogP contribution in [0.5, 0.6) is 0 Å². The minimum absolute atomic E-state index is 0.243. The van der Waals surface area contributed by atoms with E-state index in [0.717, 1.165) is 29.9 Å². The summed E-state index contributed by atoms with van der Waals surface area (Å²) in [6.45, 7) is 9.51. The van der Waals surface area contributed by atoms with Crippen molar-refractivity contribution < 1.29 is 13.9 Å². The van der Waals surface area contributed by atoms with E-state index in [-0.39, 0.29) is 6.09 Å². The first-order valence-electron chi connectivity index (χ1n) is 10.5. The Morgan fingerprint density at radius 3 is 2.68 bits per heavy atom. The number of nitrogens with zero attached hydrogens (tertiary/aromatic N) is 4. The van der Waals surface area contributed by atoms with Gasteiger partial charge in [-0.25, -0.2) is 4.79 Å². The van der Waals surface area contributed by atoms with Gasteiger partial charge in [-0.15, -0.1) is 5.10 Å². The van der Waals surface area contributed by atoms with Crippen LogP contribution in [0.15, 0.2) is 28.7 Å². The molecule has 8 nitrogen and oxygen atoms in total. The Bertz CT molecular complexity index is 1080. The number of halogens is 1. The summed E-state index contributed by atoms with van der Waals surface area (Å²) in [6.07, 6.45) is 1.48. The van der Waals surface area contributed by atoms with Gasteiger partial charge in [0.25, 0.3) is 0 Å². The summed E-state index contributed by atoms with van der Waals surface area (Å²) in [5.74, 6) is 1.76. The number of hydrogen-bond donors (Lipinski definition) is 1. The molecule has 31 heavy (non-hydrogen) atoms. The quantitative estimate of drug-likeness (QED) is 0.639. The minimum Gasteiger partial charge on any atom is -0.444 e. The summed E-state index contributed by atoms with van der Waals surface area (Å²) in [4.78, 5) is 18.5. The molecular formula is C22H28ClN5O3. The Hall–Kier alpha value is -2.58. The van der Waals surface area contributed by atoms with Crippen LogP contribution in [0.3, 0.4) is 0 Å². The van der Waals surface area contributed by atoms with Crippen LogP contribution >= 0.6 is 11.6 Å². The predicted molar refractivity (Wildman–Crippen MR) is 118 cm³/mol. The summed E-state index contributed by atoms with van der Waals surface area (Å²) in [7, 11) is 0. The number of rotatable bonds is 4. The maximum atomic E-state index is 12.2. The number of carbonyl (C=O) groups is 1. The SMILES string of the molecule is Cc1oc2nc(-c3ccccc3Cl)nn2c1CNC1CCN(C(=O)OC(C)(C)C)CC1. The monoisotopic (exact) mass is 445 g/mol. The normalized spacial score (nSPS) is 15.6. The maximum absolute atomic E-state index is 12.2. The Morgan fingerprint density at radius 2 is 2.00 bits per heavy atom. The fourth-order valence-electron chi connectivity index (χ4n) is 3.67. The third kappa shape index (κ3) is 4.85. The number of nitrogens with one attached hydrogen (secondary N) is 1. The highest BCUT2D eigenvalue weighted by molar-refractivity contribution is 6.33. The lowest BCUT2D eigenvalue weighted by atomic mass is 10.1. The highest BCUT2D eigenvalue weighted by Crippen LogP contribution is 2.26. The number of ether oxygens (including phenoxy) is 1. The first-order valence-corrected chi connectivity index (χ1v) is 10.9. The van der Waals surface area contributed by atoms with Crippen LogP contribution in [0.4, 0.5) is 4.79 Å². The molecule has 1 saturated heterocycles. The molecule has 2 aromatic heterocycles. The van der Waals surface area contributed by atoms with Crippen molar-refractivity contribution in [3.8, 4) is 11.4 Å². The first-order chi connectivity index (χ1) is 14.7. The van der Waals surface area contributed by atoms with E-state index in [0.29, 0.717) is 42.4 Å². The van der Waals surface area contributed by atoms with Gasteiger partial charge in [-0.05, 0) is 52.7 Å². The second kappa shape index (κ2) is 8.51. The van der Waals surface area contributed by atoms with E-state index in [1.54, 1.807) is 9.42 Å². The van der Waals surface area contributed by atoms with E-state index in [9.17, 15) is 4.79 Å². The molecule has 4 rings (SSSR count). The van der Waals surface area contributed by atoms with Crippen molar-refractivity contribution in [1.82, 2.24) is 24.8 Å². The summed E-state index contributed by atoms with van der Waals surface area (Å²) in [6, 6.07) is 7.79. The van der Waals surface area contributed by atoms with Crippen molar-refractivity contribution in [2.24, 2.45) is 0 Å². The van der Waals surface area contributed by atoms with E-state index in [4.69, 9.17) is 20.8 Å². The average Bonchev–Trinajstić information content (AvgIpc) is 3.23. The molecule has 0 saturated carbocycles. The molecule has 1 aliphatic heterocycles. The fraction of sp³-hybridized carbons (Fsp3) is 0.500. The molecule has 1 aliphatic rings. The molecule has 0 radical (unpaired) electrons. The van der Waals surface area contributed by atoms with Crippen LogP contribution in [-0.2, 0) is 11.3 Å². The van der Waals surface area contributed by atoms with Crippen LogP contribution in [0.2, 0.25) is 5.02 Å². The largest absolute Gasteiger partial charge is 0.444 e. The fourth-order valence-corrected chi connectivity index (χ4v) is 3.89. The van der Waals surface area contributed by atoms with Gasteiger partial charge in [-0.1, -0.05) is 23.7 Å². The molecule has 1 aromatic carbocycles. The molecule has 0 unspecified atom stereocenters. The molecule has 3 aromatic rings. The Morgan fingerprint density at radius 1 is 1.29 bits per heavy atom. The van der Waals surface area contributed by atoms with Crippen LogP contribution in [0, 0.1) is 6.92 Å². The van der Waals surface area contributed by atoms with Gasteiger partial charge in [-0.2, -0.15) is 9.50 Å². The number of piperidine rings is 1. The molecule has 0 spiro atoms. The van der Waals surface area contributed by atoms with Gasteiger partial charge in [0.2, 0.25) is 0 Å². The van der Waals surface area contributed by atoms with Gasteiger partial charge in [0.1, 0.15) is 11.4 Å². The molecule has 166 valence electrons. The molecule has 0 atom stereocenters. The number of aromatic nitrogens is 3. The van der Waals surface area contributed by atoms with Gasteiger partial charge in [0.15, 0.2) is 5.82 Å². The van der Waals surface area contributed by atoms with Crippen molar-refractivity contribution in [2.45, 2.75) is 58.7 Å². The van der Waals surface area contributed by atoms with Gasteiger partial charge in [-0.3, -0.25) is 0 Å². The second-order valence-corrected chi connectivity index (χ2v) is 9.24. The number of likely N-dealkylation sites (tertiary alicyclic amines) is 1. The van der Waals surface area contributed by atoms with Crippen LogP contribution < -0.4 is 5.32 Å². The molecule has 1 amide bonds. The van der Waals surface area contributed by atoms with Gasteiger partial charge in [0, 0.05) is 31.2 Å². The number of carbonyl (C=O) groups excluding carboxylic acids is 1. The van der Waals surface area contributed by atoms with Gasteiger partial charge < -0.3 is 19.4 Å². The van der Waals surface area contributed by atoms with Crippen molar-refractivity contribution >= 4 is 23.5 Å². The highest BCUT2D eigenvalue weighted by Gasteiger charge is 2.27. The number of oxazole rings is 1. The zero-order valence-corrected chi connectivity index (χ0v) is 19.1. The summed E-state index contributed by atoms with van der Waals surface area (Å²) in [5.41, 5.74) is 1.22. The van der Waals surface area contributed by atoms with Crippen molar-refractivity contribution in [3.63, 3.8) is 0 Å². The summed E-state index contributed by atoms with van der Waals surface area (Å²) >= 11 is 6.29. The molecule has 1 fully saturated rings. The lowest BCUT2D eigenvalue weighted by Gasteiger charge is -2.33. The standard InChI is InChI=1S/C22H28ClN5O3/c1-14-18(13-24-15-9-11-27(12-10-15)21(29)31-22(2,3)4)28-20(30-14)25-19(26-28)16-7-5-6-8-17(16)23/h5-8,15,24H,9-13H2,1-4H3. The zero-order valence-electron chi connectivity index (χ0n) is 18.3. The molecule has 1 N–H and O–H groups in total. The Balaban J connectivity index is 1.39. The minimum atomic E-state index is -0.475. The third-order valence-corrected chi connectivity index (χ3v) is 5.63. The zero-order chi connectivity index (χ0) is 22.2. The third-order valence-electron chi connectivity index (χ3n) is 5.30. The van der Waals surface area contributed by atoms with Crippen molar-refractivity contribution in [3.05, 3.63) is 40.7 Å². The summed E-state index contributed by atoms with van der Waals surface area (Å²) < 4.78 is 13.0. The van der Waals surface area contributed by atoms with E-state index in [1.165, 1.54) is 0 Å². The van der Waals surface area contributed by atoms with Crippen molar-refractivity contribution in [2.75, 3.05) is 13.1 Å². The molecule has 3 heterocycles. The second-order valence-electron chi connectivity index (χ2n) is 8.84. The topological polar surface area (TPSA) is 84.9 Å². The van der Waals surface area contributed by atoms with Gasteiger partial charge in [0.05, 0.1) is 10.7 Å². The predicted octanol–water partition coefficient (Wildman–Crippen LogP) is 4.44. The first kappa shape index (κ1) is 21.6. The van der Waals surface area contributed by atoms with E-state index >= 15 is 0 Å². The average molecular weight is 446 g/mol.